The van der Waals surface area contributed by atoms with Gasteiger partial charge in [-0.05, 0) is 48.4 Å². The van der Waals surface area contributed by atoms with Crippen LogP contribution in [0.25, 0.3) is 20.2 Å². The molecule has 0 aliphatic carbocycles. The fraction of sp³-hybridized carbons (Fsp3) is 0.143. The van der Waals surface area contributed by atoms with Gasteiger partial charge in [0.15, 0.2) is 0 Å². The molecule has 0 unspecified atom stereocenters. The highest BCUT2D eigenvalue weighted by Crippen LogP contribution is 2.35. The number of amides is 2. The predicted molar refractivity (Wildman–Crippen MR) is 109 cm³/mol. The summed E-state index contributed by atoms with van der Waals surface area (Å²) in [6.45, 7) is 0.594. The molecule has 0 saturated carbocycles. The highest BCUT2D eigenvalue weighted by molar-refractivity contribution is 7.25. The zero-order valence-corrected chi connectivity index (χ0v) is 15.3. The van der Waals surface area contributed by atoms with Gasteiger partial charge in [0, 0.05) is 51.8 Å². The summed E-state index contributed by atoms with van der Waals surface area (Å²) in [7, 11) is 1.80. The Morgan fingerprint density at radius 1 is 1.04 bits per heavy atom. The Hall–Kier alpha value is -2.92. The quantitative estimate of drug-likeness (QED) is 0.565. The van der Waals surface area contributed by atoms with E-state index in [1.54, 1.807) is 35.7 Å². The molecule has 4 nitrogen and oxygen atoms in total. The van der Waals surface area contributed by atoms with Gasteiger partial charge in [0.05, 0.1) is 0 Å². The normalized spacial score (nSPS) is 11.0. The number of anilines is 1. The van der Waals surface area contributed by atoms with Gasteiger partial charge in [-0.2, -0.15) is 0 Å². The lowest BCUT2D eigenvalue weighted by molar-refractivity contribution is 0.247. The van der Waals surface area contributed by atoms with E-state index < -0.39 is 0 Å². The topological polar surface area (TPSA) is 45.2 Å². The van der Waals surface area contributed by atoms with Crippen molar-refractivity contribution in [3.05, 3.63) is 72.6 Å². The van der Waals surface area contributed by atoms with Crippen LogP contribution in [0, 0.1) is 0 Å². The van der Waals surface area contributed by atoms with Gasteiger partial charge in [-0.3, -0.25) is 9.88 Å². The van der Waals surface area contributed by atoms with E-state index >= 15 is 0 Å². The molecule has 5 heteroatoms. The van der Waals surface area contributed by atoms with Crippen molar-refractivity contribution in [1.82, 2.24) is 10.3 Å². The first-order valence-electron chi connectivity index (χ1n) is 8.54. The first kappa shape index (κ1) is 16.5. The molecule has 0 radical (unpaired) electrons. The zero-order valence-electron chi connectivity index (χ0n) is 14.5. The van der Waals surface area contributed by atoms with Crippen LogP contribution < -0.4 is 10.2 Å². The molecule has 0 spiro atoms. The highest BCUT2D eigenvalue weighted by atomic mass is 32.1. The molecule has 4 aromatic rings. The third kappa shape index (κ3) is 3.26. The second kappa shape index (κ2) is 7.14. The van der Waals surface area contributed by atoms with Crippen LogP contribution in [-0.4, -0.2) is 24.6 Å². The van der Waals surface area contributed by atoms with Gasteiger partial charge >= 0.3 is 6.03 Å². The Labute approximate surface area is 156 Å². The maximum atomic E-state index is 12.5. The number of thiophene rings is 1. The van der Waals surface area contributed by atoms with Crippen molar-refractivity contribution in [2.75, 3.05) is 18.5 Å². The molecule has 0 saturated heterocycles. The minimum Gasteiger partial charge on any atom is -0.337 e. The number of hydrogen-bond donors (Lipinski definition) is 1. The molecule has 0 atom stereocenters. The van der Waals surface area contributed by atoms with Crippen LogP contribution in [0.15, 0.2) is 67.0 Å². The molecule has 0 bridgehead atoms. The van der Waals surface area contributed by atoms with Crippen LogP contribution in [-0.2, 0) is 6.42 Å². The lowest BCUT2D eigenvalue weighted by Gasteiger charge is -2.18. The summed E-state index contributed by atoms with van der Waals surface area (Å²) in [6, 6.07) is 18.4. The van der Waals surface area contributed by atoms with E-state index in [9.17, 15) is 4.79 Å². The van der Waals surface area contributed by atoms with Crippen LogP contribution in [0.5, 0.6) is 0 Å². The van der Waals surface area contributed by atoms with Gasteiger partial charge in [-0.15, -0.1) is 11.3 Å². The molecular weight excluding hydrogens is 342 g/mol. The molecule has 1 N–H and O–H groups in total. The second-order valence-corrected chi connectivity index (χ2v) is 7.26. The number of urea groups is 1. The lowest BCUT2D eigenvalue weighted by atomic mass is 10.1. The Morgan fingerprint density at radius 3 is 2.65 bits per heavy atom. The average molecular weight is 361 g/mol. The van der Waals surface area contributed by atoms with E-state index in [1.807, 2.05) is 18.2 Å². The van der Waals surface area contributed by atoms with Gasteiger partial charge in [-0.25, -0.2) is 4.79 Å². The smallest absolute Gasteiger partial charge is 0.321 e. The van der Waals surface area contributed by atoms with Crippen molar-refractivity contribution in [3.63, 3.8) is 0 Å². The lowest BCUT2D eigenvalue weighted by Crippen LogP contribution is -2.38. The molecular formula is C21H19N3OS. The van der Waals surface area contributed by atoms with Crippen molar-refractivity contribution in [1.29, 1.82) is 0 Å². The van der Waals surface area contributed by atoms with E-state index in [0.29, 0.717) is 6.54 Å². The number of rotatable bonds is 4. The molecule has 4 rings (SSSR count). The number of nitrogens with zero attached hydrogens (tertiary/aromatic N) is 2. The van der Waals surface area contributed by atoms with Gasteiger partial charge in [0.25, 0.3) is 0 Å². The summed E-state index contributed by atoms with van der Waals surface area (Å²) in [6.07, 6.45) is 4.32. The standard InChI is InChI=1S/C21H19N3OS/c1-24(21(25)23-13-10-15-8-11-22-12-9-15)16-6-7-20-18(14-16)17-4-2-3-5-19(17)26-20/h2-9,11-12,14H,10,13H2,1H3,(H,23,25). The fourth-order valence-electron chi connectivity index (χ4n) is 3.02. The van der Waals surface area contributed by atoms with Gasteiger partial charge in [0.2, 0.25) is 0 Å². The van der Waals surface area contributed by atoms with E-state index in [0.717, 1.165) is 17.7 Å². The largest absolute Gasteiger partial charge is 0.337 e. The number of hydrogen-bond acceptors (Lipinski definition) is 3. The summed E-state index contributed by atoms with van der Waals surface area (Å²) < 4.78 is 2.51. The third-order valence-electron chi connectivity index (χ3n) is 4.49. The molecule has 26 heavy (non-hydrogen) atoms. The highest BCUT2D eigenvalue weighted by Gasteiger charge is 2.12. The molecule has 0 fully saturated rings. The van der Waals surface area contributed by atoms with Crippen LogP contribution >= 0.6 is 11.3 Å². The number of fused-ring (bicyclic) bond motifs is 3. The van der Waals surface area contributed by atoms with Gasteiger partial charge in [0.1, 0.15) is 0 Å². The van der Waals surface area contributed by atoms with Crippen LogP contribution in [0.4, 0.5) is 10.5 Å². The SMILES string of the molecule is CN(C(=O)NCCc1ccncc1)c1ccc2sc3ccccc3c2c1. The first-order chi connectivity index (χ1) is 12.7. The first-order valence-corrected chi connectivity index (χ1v) is 9.36. The van der Waals surface area contributed by atoms with Crippen molar-refractivity contribution >= 4 is 43.2 Å². The van der Waals surface area contributed by atoms with Crippen molar-refractivity contribution in [2.45, 2.75) is 6.42 Å². The monoisotopic (exact) mass is 361 g/mol. The fourth-order valence-corrected chi connectivity index (χ4v) is 4.11. The van der Waals surface area contributed by atoms with E-state index in [4.69, 9.17) is 0 Å². The van der Waals surface area contributed by atoms with Gasteiger partial charge < -0.3 is 5.32 Å². The van der Waals surface area contributed by atoms with Crippen molar-refractivity contribution in [3.8, 4) is 0 Å². The Morgan fingerprint density at radius 2 is 1.81 bits per heavy atom. The summed E-state index contributed by atoms with van der Waals surface area (Å²) in [5.41, 5.74) is 2.05. The number of benzene rings is 2. The number of carbonyl (C=O) groups is 1. The average Bonchev–Trinajstić information content (AvgIpc) is 3.06. The number of pyridine rings is 1. The molecule has 0 aliphatic rings. The predicted octanol–water partition coefficient (Wildman–Crippen LogP) is 4.84. The summed E-state index contributed by atoms with van der Waals surface area (Å²) >= 11 is 1.78. The summed E-state index contributed by atoms with van der Waals surface area (Å²) in [4.78, 5) is 18.1. The number of nitrogens with one attached hydrogen (secondary N) is 1. The molecule has 2 heterocycles. The Balaban J connectivity index is 1.49. The van der Waals surface area contributed by atoms with E-state index in [2.05, 4.69) is 46.7 Å². The van der Waals surface area contributed by atoms with Crippen LogP contribution in [0.2, 0.25) is 0 Å². The van der Waals surface area contributed by atoms with E-state index in [-0.39, 0.29) is 6.03 Å². The van der Waals surface area contributed by atoms with Crippen LogP contribution in [0.3, 0.4) is 0 Å². The molecule has 2 aromatic carbocycles. The Bertz CT molecular complexity index is 1060. The molecule has 0 aliphatic heterocycles. The Kier molecular flexibility index (Phi) is 4.54. The molecule has 2 aromatic heterocycles. The molecule has 130 valence electrons. The number of aromatic nitrogens is 1. The van der Waals surface area contributed by atoms with Gasteiger partial charge in [-0.1, -0.05) is 18.2 Å². The second-order valence-electron chi connectivity index (χ2n) is 6.18. The summed E-state index contributed by atoms with van der Waals surface area (Å²) in [5, 5.41) is 5.41. The molecule has 2 amide bonds. The van der Waals surface area contributed by atoms with Crippen molar-refractivity contribution < 1.29 is 4.79 Å². The van der Waals surface area contributed by atoms with Crippen molar-refractivity contribution in [2.24, 2.45) is 0 Å². The summed E-state index contributed by atoms with van der Waals surface area (Å²) in [5.74, 6) is 0. The minimum atomic E-state index is -0.0991. The van der Waals surface area contributed by atoms with Crippen LogP contribution in [0.1, 0.15) is 5.56 Å². The number of carbonyl (C=O) groups excluding carboxylic acids is 1. The third-order valence-corrected chi connectivity index (χ3v) is 5.64. The maximum absolute atomic E-state index is 12.5. The maximum Gasteiger partial charge on any atom is 0.321 e. The zero-order chi connectivity index (χ0) is 17.9. The van der Waals surface area contributed by atoms with E-state index in [1.165, 1.54) is 20.2 Å². The minimum absolute atomic E-state index is 0.0991.